The van der Waals surface area contributed by atoms with E-state index in [2.05, 4.69) is 21.3 Å². The molecule has 3 atom stereocenters. The van der Waals surface area contributed by atoms with Gasteiger partial charge >= 0.3 is 5.69 Å². The number of hydrogen-bond acceptors (Lipinski definition) is 4. The average molecular weight is 426 g/mol. The Labute approximate surface area is 179 Å². The number of aromatic amines is 1. The van der Waals surface area contributed by atoms with Crippen molar-refractivity contribution in [2.24, 2.45) is 11.8 Å². The van der Waals surface area contributed by atoms with Gasteiger partial charge in [0.15, 0.2) is 0 Å². The number of carbonyl (C=O) groups excluding carboxylic acids is 1. The third-order valence-corrected chi connectivity index (χ3v) is 6.28. The number of likely N-dealkylation sites (tertiary alicyclic amines) is 1. The van der Waals surface area contributed by atoms with E-state index in [0.717, 1.165) is 38.0 Å². The van der Waals surface area contributed by atoms with E-state index in [1.54, 1.807) is 19.1 Å². The minimum absolute atomic E-state index is 0.101. The highest BCUT2D eigenvalue weighted by atomic mass is 19.1. The fraction of sp³-hybridized carbons (Fsp3) is 0.435. The molecule has 1 aromatic carbocycles. The first kappa shape index (κ1) is 21.2. The number of halogens is 1. The molecule has 0 radical (unpaired) electrons. The number of H-pyrrole nitrogens is 1. The van der Waals surface area contributed by atoms with Crippen molar-refractivity contribution < 1.29 is 9.18 Å². The summed E-state index contributed by atoms with van der Waals surface area (Å²) in [5.74, 6) is 0.324. The van der Waals surface area contributed by atoms with E-state index in [0.29, 0.717) is 17.4 Å². The van der Waals surface area contributed by atoms with Crippen LogP contribution < -0.4 is 16.6 Å². The Kier molecular flexibility index (Phi) is 6.18. The highest BCUT2D eigenvalue weighted by Gasteiger charge is 2.42. The molecule has 1 unspecified atom stereocenters. The van der Waals surface area contributed by atoms with Gasteiger partial charge in [-0.15, -0.1) is 0 Å². The number of fused-ring (bicyclic) bond motifs is 2. The van der Waals surface area contributed by atoms with Crippen molar-refractivity contribution in [3.8, 4) is 0 Å². The van der Waals surface area contributed by atoms with Gasteiger partial charge < -0.3 is 5.32 Å². The maximum atomic E-state index is 13.0. The van der Waals surface area contributed by atoms with E-state index in [1.165, 1.54) is 22.9 Å². The van der Waals surface area contributed by atoms with Crippen LogP contribution in [0.5, 0.6) is 0 Å². The zero-order valence-electron chi connectivity index (χ0n) is 17.5. The van der Waals surface area contributed by atoms with Crippen LogP contribution in [0.2, 0.25) is 0 Å². The highest BCUT2D eigenvalue weighted by Crippen LogP contribution is 2.36. The third kappa shape index (κ3) is 5.02. The Morgan fingerprint density at radius 2 is 1.87 bits per heavy atom. The number of aromatic nitrogens is 2. The van der Waals surface area contributed by atoms with Gasteiger partial charge in [-0.3, -0.25) is 24.0 Å². The summed E-state index contributed by atoms with van der Waals surface area (Å²) in [4.78, 5) is 40.6. The summed E-state index contributed by atoms with van der Waals surface area (Å²) >= 11 is 0. The van der Waals surface area contributed by atoms with Crippen molar-refractivity contribution in [2.45, 2.75) is 32.4 Å². The van der Waals surface area contributed by atoms with Crippen molar-refractivity contribution in [1.29, 1.82) is 0 Å². The fourth-order valence-electron chi connectivity index (χ4n) is 4.74. The van der Waals surface area contributed by atoms with Crippen molar-refractivity contribution in [3.63, 3.8) is 0 Å². The van der Waals surface area contributed by atoms with E-state index in [4.69, 9.17) is 0 Å². The second-order valence-electron chi connectivity index (χ2n) is 8.56. The van der Waals surface area contributed by atoms with Gasteiger partial charge in [0.2, 0.25) is 5.91 Å². The van der Waals surface area contributed by atoms with Gasteiger partial charge in [0, 0.05) is 37.4 Å². The zero-order chi connectivity index (χ0) is 22.0. The van der Waals surface area contributed by atoms with Crippen LogP contribution in [0.3, 0.4) is 0 Å². The minimum atomic E-state index is -0.573. The second kappa shape index (κ2) is 9.01. The molecule has 2 bridgehead atoms. The highest BCUT2D eigenvalue weighted by molar-refractivity contribution is 5.76. The lowest BCUT2D eigenvalue weighted by atomic mass is 9.92. The Morgan fingerprint density at radius 3 is 2.55 bits per heavy atom. The molecular weight excluding hydrogens is 399 g/mol. The molecule has 1 amide bonds. The van der Waals surface area contributed by atoms with Crippen LogP contribution in [-0.2, 0) is 11.3 Å². The molecule has 31 heavy (non-hydrogen) atoms. The molecule has 1 aliphatic carbocycles. The monoisotopic (exact) mass is 426 g/mol. The first-order valence-corrected chi connectivity index (χ1v) is 10.6. The van der Waals surface area contributed by atoms with Crippen LogP contribution >= 0.6 is 0 Å². The van der Waals surface area contributed by atoms with Gasteiger partial charge in [-0.1, -0.05) is 24.3 Å². The number of nitrogens with one attached hydrogen (secondary N) is 2. The van der Waals surface area contributed by atoms with Crippen LogP contribution in [0.1, 0.15) is 24.0 Å². The third-order valence-electron chi connectivity index (χ3n) is 6.28. The Hall–Kier alpha value is -3.00. The van der Waals surface area contributed by atoms with Crippen LogP contribution in [0.25, 0.3) is 6.08 Å². The number of hydrogen-bond donors (Lipinski definition) is 2. The van der Waals surface area contributed by atoms with E-state index in [1.807, 2.05) is 6.08 Å². The maximum Gasteiger partial charge on any atom is 0.328 e. The zero-order valence-corrected chi connectivity index (χ0v) is 17.5. The smallest absolute Gasteiger partial charge is 0.328 e. The molecule has 2 N–H and O–H groups in total. The van der Waals surface area contributed by atoms with Crippen molar-refractivity contribution in [3.05, 3.63) is 74.3 Å². The molecule has 164 valence electrons. The Bertz CT molecular complexity index is 1080. The number of rotatable bonds is 6. The van der Waals surface area contributed by atoms with Gasteiger partial charge in [0.1, 0.15) is 12.4 Å². The number of carbonyl (C=O) groups is 1. The van der Waals surface area contributed by atoms with Gasteiger partial charge in [0.05, 0.1) is 0 Å². The molecule has 2 fully saturated rings. The predicted molar refractivity (Wildman–Crippen MR) is 116 cm³/mol. The largest absolute Gasteiger partial charge is 0.351 e. The average Bonchev–Trinajstić information content (AvgIpc) is 2.95. The summed E-state index contributed by atoms with van der Waals surface area (Å²) in [7, 11) is 0. The lowest BCUT2D eigenvalue weighted by Crippen LogP contribution is -2.53. The molecule has 1 saturated carbocycles. The number of nitrogens with zero attached hydrogens (tertiary/aromatic N) is 2. The number of benzene rings is 1. The quantitative estimate of drug-likeness (QED) is 0.733. The molecule has 4 rings (SSSR count). The van der Waals surface area contributed by atoms with Crippen LogP contribution in [0, 0.1) is 24.6 Å². The van der Waals surface area contributed by atoms with Crippen LogP contribution in [0.15, 0.2) is 46.1 Å². The van der Waals surface area contributed by atoms with Crippen molar-refractivity contribution in [2.75, 3.05) is 19.6 Å². The lowest BCUT2D eigenvalue weighted by Gasteiger charge is -2.38. The topological polar surface area (TPSA) is 87.2 Å². The maximum absolute atomic E-state index is 13.0. The van der Waals surface area contributed by atoms with Crippen LogP contribution in [-0.4, -0.2) is 46.0 Å². The van der Waals surface area contributed by atoms with E-state index < -0.39 is 11.2 Å². The molecule has 1 aliphatic heterocycles. The first-order valence-electron chi connectivity index (χ1n) is 10.6. The molecule has 1 saturated heterocycles. The summed E-state index contributed by atoms with van der Waals surface area (Å²) in [6.45, 7) is 4.14. The fourth-order valence-corrected chi connectivity index (χ4v) is 4.74. The van der Waals surface area contributed by atoms with Gasteiger partial charge in [-0.2, -0.15) is 0 Å². The number of amides is 1. The summed E-state index contributed by atoms with van der Waals surface area (Å²) in [6, 6.07) is 6.54. The van der Waals surface area contributed by atoms with E-state index in [9.17, 15) is 18.8 Å². The molecule has 7 nitrogen and oxygen atoms in total. The van der Waals surface area contributed by atoms with Gasteiger partial charge in [-0.25, -0.2) is 9.18 Å². The first-order chi connectivity index (χ1) is 14.9. The standard InChI is InChI=1S/C23H27FN4O3/c1-15-11-28(23(31)26-22(15)30)14-20(29)25-21-17-6-7-18(21)13-27(12-17)10-2-3-16-4-8-19(24)9-5-16/h2-5,8-9,11,17-18,21H,6-7,10,12-14H2,1H3,(H,25,29)(H,26,30,31)/b3-2+/t17-,18+,21?. The molecule has 2 heterocycles. The number of piperidine rings is 1. The molecule has 1 aromatic heterocycles. The van der Waals surface area contributed by atoms with Crippen LogP contribution in [0.4, 0.5) is 4.39 Å². The van der Waals surface area contributed by atoms with E-state index >= 15 is 0 Å². The van der Waals surface area contributed by atoms with Crippen molar-refractivity contribution in [1.82, 2.24) is 19.8 Å². The molecule has 0 spiro atoms. The second-order valence-corrected chi connectivity index (χ2v) is 8.56. The summed E-state index contributed by atoms with van der Waals surface area (Å²) < 4.78 is 14.2. The Morgan fingerprint density at radius 1 is 1.19 bits per heavy atom. The Balaban J connectivity index is 1.31. The van der Waals surface area contributed by atoms with Crippen molar-refractivity contribution >= 4 is 12.0 Å². The SMILES string of the molecule is Cc1cn(CC(=O)NC2[C@@H]3CC[C@H]2CN(C/C=C/c2ccc(F)cc2)C3)c(=O)[nH]c1=O. The minimum Gasteiger partial charge on any atom is -0.351 e. The predicted octanol–water partition coefficient (Wildman–Crippen LogP) is 1.52. The van der Waals surface area contributed by atoms with Gasteiger partial charge in [-0.05, 0) is 49.3 Å². The van der Waals surface area contributed by atoms with Gasteiger partial charge in [0.25, 0.3) is 5.56 Å². The van der Waals surface area contributed by atoms with E-state index in [-0.39, 0.29) is 24.3 Å². The molecular formula is C23H27FN4O3. The number of aryl methyl sites for hydroxylation is 1. The summed E-state index contributed by atoms with van der Waals surface area (Å²) in [6.07, 6.45) is 7.66. The molecule has 8 heteroatoms. The molecule has 2 aliphatic rings. The summed E-state index contributed by atoms with van der Waals surface area (Å²) in [5.41, 5.74) is 0.366. The lowest BCUT2D eigenvalue weighted by molar-refractivity contribution is -0.123. The summed E-state index contributed by atoms with van der Waals surface area (Å²) in [5, 5.41) is 3.13. The molecule has 2 aromatic rings. The normalized spacial score (nSPS) is 23.4.